The molecule has 2 N–H and O–H groups in total. The predicted octanol–water partition coefficient (Wildman–Crippen LogP) is 4.06. The van der Waals surface area contributed by atoms with E-state index in [1.165, 1.54) is 11.1 Å². The lowest BCUT2D eigenvalue weighted by atomic mass is 9.79. The van der Waals surface area contributed by atoms with Crippen molar-refractivity contribution in [2.75, 3.05) is 5.32 Å². The van der Waals surface area contributed by atoms with E-state index in [4.69, 9.17) is 0 Å². The van der Waals surface area contributed by atoms with E-state index in [1.807, 2.05) is 30.3 Å². The van der Waals surface area contributed by atoms with E-state index in [9.17, 15) is 9.59 Å². The van der Waals surface area contributed by atoms with Gasteiger partial charge < -0.3 is 10.6 Å². The van der Waals surface area contributed by atoms with Crippen LogP contribution in [0.3, 0.4) is 0 Å². The van der Waals surface area contributed by atoms with Gasteiger partial charge in [-0.15, -0.1) is 0 Å². The summed E-state index contributed by atoms with van der Waals surface area (Å²) in [6, 6.07) is 20.0. The fraction of sp³-hybridized carbons (Fsp3) is 0.233. The zero-order valence-electron chi connectivity index (χ0n) is 20.1. The van der Waals surface area contributed by atoms with Crippen LogP contribution in [0, 0.1) is 0 Å². The van der Waals surface area contributed by atoms with E-state index in [2.05, 4.69) is 55.9 Å². The van der Waals surface area contributed by atoms with Crippen molar-refractivity contribution in [3.63, 3.8) is 0 Å². The molecule has 7 rings (SSSR count). The summed E-state index contributed by atoms with van der Waals surface area (Å²) in [5.74, 6) is 0.692. The maximum absolute atomic E-state index is 13.5. The lowest BCUT2D eigenvalue weighted by Crippen LogP contribution is -2.35. The molecular formula is C30H25N5O2. The van der Waals surface area contributed by atoms with Gasteiger partial charge in [0.25, 0.3) is 5.91 Å². The Hall–Kier alpha value is -4.39. The molecule has 1 aromatic carbocycles. The van der Waals surface area contributed by atoms with Crippen molar-refractivity contribution in [3.05, 3.63) is 118 Å². The molecule has 0 bridgehead atoms. The van der Waals surface area contributed by atoms with Crippen LogP contribution in [-0.2, 0) is 29.5 Å². The van der Waals surface area contributed by atoms with Crippen LogP contribution in [0.15, 0.2) is 79.3 Å². The van der Waals surface area contributed by atoms with Crippen molar-refractivity contribution < 1.29 is 9.59 Å². The summed E-state index contributed by atoms with van der Waals surface area (Å²) in [5, 5.41) is 6.16. The van der Waals surface area contributed by atoms with Crippen LogP contribution in [0.4, 0.5) is 5.82 Å². The normalized spacial score (nSPS) is 23.2. The summed E-state index contributed by atoms with van der Waals surface area (Å²) in [7, 11) is 0. The second-order valence-electron chi connectivity index (χ2n) is 10.2. The fourth-order valence-corrected chi connectivity index (χ4v) is 6.27. The molecule has 7 nitrogen and oxygen atoms in total. The first kappa shape index (κ1) is 21.9. The smallest absolute Gasteiger partial charge is 0.253 e. The number of fused-ring (bicyclic) bond motifs is 4. The Bertz CT molecular complexity index is 1550. The van der Waals surface area contributed by atoms with Gasteiger partial charge in [0.05, 0.1) is 22.7 Å². The molecule has 4 heterocycles. The molecular weight excluding hydrogens is 462 g/mol. The molecule has 0 fully saturated rings. The highest BCUT2D eigenvalue weighted by atomic mass is 16.2. The number of nitrogens with one attached hydrogen (secondary N) is 2. The third-order valence-electron chi connectivity index (χ3n) is 8.09. The lowest BCUT2D eigenvalue weighted by molar-refractivity contribution is -0.120. The molecule has 0 radical (unpaired) electrons. The highest BCUT2D eigenvalue weighted by molar-refractivity contribution is 6.06. The first-order valence-electron chi connectivity index (χ1n) is 12.6. The zero-order valence-corrected chi connectivity index (χ0v) is 20.1. The summed E-state index contributed by atoms with van der Waals surface area (Å²) in [5.41, 5.74) is 5.86. The maximum Gasteiger partial charge on any atom is 0.253 e. The number of benzene rings is 1. The summed E-state index contributed by atoms with van der Waals surface area (Å²) >= 11 is 0. The van der Waals surface area contributed by atoms with Gasteiger partial charge in [0.2, 0.25) is 5.91 Å². The summed E-state index contributed by atoms with van der Waals surface area (Å²) in [4.78, 5) is 40.1. The Kier molecular flexibility index (Phi) is 4.92. The van der Waals surface area contributed by atoms with Gasteiger partial charge in [-0.1, -0.05) is 42.5 Å². The van der Waals surface area contributed by atoms with Crippen LogP contribution in [0.1, 0.15) is 62.4 Å². The molecule has 0 unspecified atom stereocenters. The lowest BCUT2D eigenvalue weighted by Gasteiger charge is -2.31. The fourth-order valence-electron chi connectivity index (χ4n) is 6.27. The molecule has 4 aromatic rings. The molecule has 3 aromatic heterocycles. The zero-order chi connectivity index (χ0) is 25.0. The molecule has 1 spiro atoms. The standard InChI is InChI=1S/C30H25N5O2/c36-28(34-24-14-20(18-6-2-1-3-7-18)12-19-8-4-10-31-26(19)24)22-13-21-15-30(16-25(21)33-17-22)23-9-5-11-32-27(23)35-29(30)37/h1-11,13,17,20,24H,12,14-16H2,(H,34,36)(H,32,35,37)/t20-,24-,30-/m0/s1. The number of amides is 2. The Balaban J connectivity index is 1.15. The van der Waals surface area contributed by atoms with Crippen molar-refractivity contribution in [2.45, 2.75) is 43.1 Å². The van der Waals surface area contributed by atoms with Crippen molar-refractivity contribution in [1.29, 1.82) is 0 Å². The molecule has 37 heavy (non-hydrogen) atoms. The summed E-state index contributed by atoms with van der Waals surface area (Å²) in [6.45, 7) is 0. The van der Waals surface area contributed by atoms with E-state index in [0.717, 1.165) is 35.4 Å². The average Bonchev–Trinajstić information content (AvgIpc) is 3.45. The van der Waals surface area contributed by atoms with Crippen molar-refractivity contribution in [2.24, 2.45) is 0 Å². The van der Waals surface area contributed by atoms with E-state index in [-0.39, 0.29) is 17.9 Å². The Morgan fingerprint density at radius 2 is 1.78 bits per heavy atom. The van der Waals surface area contributed by atoms with Crippen molar-refractivity contribution in [3.8, 4) is 0 Å². The Labute approximate surface area is 214 Å². The average molecular weight is 488 g/mol. The highest BCUT2D eigenvalue weighted by Gasteiger charge is 2.51. The molecule has 3 atom stereocenters. The minimum absolute atomic E-state index is 0.0537. The van der Waals surface area contributed by atoms with E-state index < -0.39 is 5.41 Å². The van der Waals surface area contributed by atoms with Gasteiger partial charge >= 0.3 is 0 Å². The molecule has 7 heteroatoms. The van der Waals surface area contributed by atoms with Crippen molar-refractivity contribution in [1.82, 2.24) is 20.3 Å². The van der Waals surface area contributed by atoms with E-state index in [1.54, 1.807) is 18.6 Å². The monoisotopic (exact) mass is 487 g/mol. The third-order valence-corrected chi connectivity index (χ3v) is 8.09. The van der Waals surface area contributed by atoms with Crippen LogP contribution >= 0.6 is 0 Å². The first-order chi connectivity index (χ1) is 18.1. The number of carbonyl (C=O) groups is 2. The number of hydrogen-bond acceptors (Lipinski definition) is 5. The Morgan fingerprint density at radius 3 is 2.68 bits per heavy atom. The number of anilines is 1. The molecule has 0 saturated carbocycles. The third kappa shape index (κ3) is 3.53. The van der Waals surface area contributed by atoms with Gasteiger partial charge in [0, 0.05) is 36.3 Å². The van der Waals surface area contributed by atoms with Gasteiger partial charge in [-0.2, -0.15) is 0 Å². The minimum Gasteiger partial charge on any atom is -0.344 e. The SMILES string of the molecule is O=C(N[C@H]1C[C@@H](c2ccccc2)Cc2cccnc21)c1cnc2c(c1)C[C@@]1(C2)C(=O)Nc2ncccc21. The Morgan fingerprint density at radius 1 is 0.946 bits per heavy atom. The van der Waals surface area contributed by atoms with Crippen LogP contribution in [0.2, 0.25) is 0 Å². The van der Waals surface area contributed by atoms with Gasteiger partial charge in [-0.3, -0.25) is 19.6 Å². The number of nitrogens with zero attached hydrogens (tertiary/aromatic N) is 3. The maximum atomic E-state index is 13.5. The number of carbonyl (C=O) groups excluding carboxylic acids is 2. The molecule has 2 aliphatic carbocycles. The summed E-state index contributed by atoms with van der Waals surface area (Å²) < 4.78 is 0. The second kappa shape index (κ2) is 8.34. The van der Waals surface area contributed by atoms with Gasteiger partial charge in [-0.05, 0) is 60.1 Å². The van der Waals surface area contributed by atoms with E-state index >= 15 is 0 Å². The van der Waals surface area contributed by atoms with E-state index in [0.29, 0.717) is 30.1 Å². The quantitative estimate of drug-likeness (QED) is 0.454. The largest absolute Gasteiger partial charge is 0.344 e. The van der Waals surface area contributed by atoms with Crippen LogP contribution in [0.25, 0.3) is 0 Å². The predicted molar refractivity (Wildman–Crippen MR) is 138 cm³/mol. The molecule has 0 saturated heterocycles. The topological polar surface area (TPSA) is 96.9 Å². The molecule has 1 aliphatic heterocycles. The van der Waals surface area contributed by atoms with Crippen LogP contribution in [0.5, 0.6) is 0 Å². The number of aromatic nitrogens is 3. The first-order valence-corrected chi connectivity index (χ1v) is 12.6. The molecule has 3 aliphatic rings. The van der Waals surface area contributed by atoms with Gasteiger partial charge in [0.1, 0.15) is 5.82 Å². The van der Waals surface area contributed by atoms with Crippen LogP contribution in [-0.4, -0.2) is 26.8 Å². The number of rotatable bonds is 3. The van der Waals surface area contributed by atoms with Gasteiger partial charge in [0.15, 0.2) is 0 Å². The molecule has 2 amide bonds. The summed E-state index contributed by atoms with van der Waals surface area (Å²) in [6.07, 6.45) is 7.79. The minimum atomic E-state index is -0.705. The van der Waals surface area contributed by atoms with Crippen LogP contribution < -0.4 is 10.6 Å². The highest BCUT2D eigenvalue weighted by Crippen LogP contribution is 2.46. The second-order valence-corrected chi connectivity index (χ2v) is 10.2. The van der Waals surface area contributed by atoms with Crippen molar-refractivity contribution >= 4 is 17.6 Å². The number of hydrogen-bond donors (Lipinski definition) is 2. The molecule has 182 valence electrons. The van der Waals surface area contributed by atoms with Gasteiger partial charge in [-0.25, -0.2) is 4.98 Å². The number of pyridine rings is 3.